The van der Waals surface area contributed by atoms with Gasteiger partial charge in [-0.15, -0.1) is 11.3 Å². The smallest absolute Gasteiger partial charge is 0.252 e. The maximum absolute atomic E-state index is 13.0. The first kappa shape index (κ1) is 17.0. The lowest BCUT2D eigenvalue weighted by molar-refractivity contribution is -0.0965. The van der Waals surface area contributed by atoms with Crippen LogP contribution in [0.5, 0.6) is 0 Å². The fourth-order valence-corrected chi connectivity index (χ4v) is 7.91. The van der Waals surface area contributed by atoms with Gasteiger partial charge in [0.05, 0.1) is 13.2 Å². The first-order chi connectivity index (χ1) is 11.3. The van der Waals surface area contributed by atoms with Gasteiger partial charge >= 0.3 is 0 Å². The van der Waals surface area contributed by atoms with Crippen LogP contribution in [0.25, 0.3) is 0 Å². The van der Waals surface area contributed by atoms with Crippen molar-refractivity contribution in [1.82, 2.24) is 9.21 Å². The van der Waals surface area contributed by atoms with Crippen molar-refractivity contribution in [3.63, 3.8) is 0 Å². The van der Waals surface area contributed by atoms with Gasteiger partial charge in [0.25, 0.3) is 10.0 Å². The molecule has 0 radical (unpaired) electrons. The molecule has 0 aromatic carbocycles. The van der Waals surface area contributed by atoms with Gasteiger partial charge in [0, 0.05) is 38.1 Å². The summed E-state index contributed by atoms with van der Waals surface area (Å²) in [5, 5.41) is 1.84. The highest BCUT2D eigenvalue weighted by molar-refractivity contribution is 7.91. The molecule has 3 heterocycles. The summed E-state index contributed by atoms with van der Waals surface area (Å²) in [6.45, 7) is 10.4. The van der Waals surface area contributed by atoms with Crippen molar-refractivity contribution in [3.05, 3.63) is 17.5 Å². The monoisotopic (exact) mass is 370 g/mol. The van der Waals surface area contributed by atoms with E-state index in [9.17, 15) is 8.42 Å². The molecule has 1 saturated carbocycles. The van der Waals surface area contributed by atoms with E-state index in [0.717, 1.165) is 39.3 Å². The summed E-state index contributed by atoms with van der Waals surface area (Å²) in [6.07, 6.45) is 1.11. The Morgan fingerprint density at radius 1 is 1.33 bits per heavy atom. The van der Waals surface area contributed by atoms with Crippen LogP contribution >= 0.6 is 11.3 Å². The van der Waals surface area contributed by atoms with E-state index in [1.54, 1.807) is 10.4 Å². The Morgan fingerprint density at radius 2 is 2.08 bits per heavy atom. The van der Waals surface area contributed by atoms with Crippen molar-refractivity contribution in [2.24, 2.45) is 16.7 Å². The Bertz CT molecular complexity index is 695. The van der Waals surface area contributed by atoms with E-state index in [1.165, 1.54) is 11.3 Å². The molecule has 0 bridgehead atoms. The van der Waals surface area contributed by atoms with Gasteiger partial charge in [0.15, 0.2) is 0 Å². The summed E-state index contributed by atoms with van der Waals surface area (Å²) < 4.78 is 33.6. The average Bonchev–Trinajstić information content (AvgIpc) is 3.15. The maximum Gasteiger partial charge on any atom is 0.252 e. The van der Waals surface area contributed by atoms with Crippen LogP contribution in [0, 0.1) is 16.7 Å². The highest BCUT2D eigenvalue weighted by atomic mass is 32.2. The van der Waals surface area contributed by atoms with E-state index in [2.05, 4.69) is 18.7 Å². The molecule has 1 aromatic rings. The minimum Gasteiger partial charge on any atom is -0.379 e. The number of thiophene rings is 1. The van der Waals surface area contributed by atoms with E-state index in [0.29, 0.717) is 23.2 Å². The van der Waals surface area contributed by atoms with Crippen molar-refractivity contribution in [1.29, 1.82) is 0 Å². The SMILES string of the molecule is CC1(C)C[C@]2(CN3CCOCC3)CN(S(=O)(=O)c3cccs3)C[C@H]12. The largest absolute Gasteiger partial charge is 0.379 e. The molecular weight excluding hydrogens is 344 g/mol. The van der Waals surface area contributed by atoms with Gasteiger partial charge in [-0.2, -0.15) is 4.31 Å². The third-order valence-corrected chi connectivity index (χ3v) is 9.28. The van der Waals surface area contributed by atoms with Crippen LogP contribution in [0.1, 0.15) is 20.3 Å². The molecule has 5 nitrogen and oxygen atoms in total. The van der Waals surface area contributed by atoms with Gasteiger partial charge in [0.1, 0.15) is 4.21 Å². The number of rotatable bonds is 4. The Morgan fingerprint density at radius 3 is 2.71 bits per heavy atom. The van der Waals surface area contributed by atoms with Crippen LogP contribution in [-0.4, -0.2) is 63.6 Å². The molecule has 2 atom stereocenters. The lowest BCUT2D eigenvalue weighted by Crippen LogP contribution is -2.59. The van der Waals surface area contributed by atoms with Gasteiger partial charge < -0.3 is 4.74 Å². The van der Waals surface area contributed by atoms with Gasteiger partial charge in [-0.25, -0.2) is 8.42 Å². The summed E-state index contributed by atoms with van der Waals surface area (Å²) in [7, 11) is -3.34. The molecule has 0 unspecified atom stereocenters. The normalized spacial score (nSPS) is 34.0. The number of sulfonamides is 1. The minimum atomic E-state index is -3.34. The van der Waals surface area contributed by atoms with Gasteiger partial charge in [0.2, 0.25) is 0 Å². The molecule has 0 spiro atoms. The fourth-order valence-electron chi connectivity index (χ4n) is 5.22. The molecule has 4 rings (SSSR count). The van der Waals surface area contributed by atoms with Crippen molar-refractivity contribution in [2.45, 2.75) is 24.5 Å². The third kappa shape index (κ3) is 2.65. The highest BCUT2D eigenvalue weighted by Crippen LogP contribution is 2.63. The number of nitrogens with zero attached hydrogens (tertiary/aromatic N) is 2. The zero-order valence-electron chi connectivity index (χ0n) is 14.4. The first-order valence-electron chi connectivity index (χ1n) is 8.67. The van der Waals surface area contributed by atoms with Crippen molar-refractivity contribution < 1.29 is 13.2 Å². The summed E-state index contributed by atoms with van der Waals surface area (Å²) in [5.41, 5.74) is 0.344. The van der Waals surface area contributed by atoms with Crippen LogP contribution < -0.4 is 0 Å². The van der Waals surface area contributed by atoms with Crippen molar-refractivity contribution in [2.75, 3.05) is 45.9 Å². The maximum atomic E-state index is 13.0. The van der Waals surface area contributed by atoms with E-state index < -0.39 is 10.0 Å². The van der Waals surface area contributed by atoms with Crippen LogP contribution in [-0.2, 0) is 14.8 Å². The summed E-state index contributed by atoms with van der Waals surface area (Å²) >= 11 is 1.32. The summed E-state index contributed by atoms with van der Waals surface area (Å²) in [4.78, 5) is 2.47. The zero-order chi connectivity index (χ0) is 17.0. The van der Waals surface area contributed by atoms with Gasteiger partial charge in [-0.3, -0.25) is 4.90 Å². The predicted molar refractivity (Wildman–Crippen MR) is 94.7 cm³/mol. The van der Waals surface area contributed by atoms with Crippen LogP contribution in [0.2, 0.25) is 0 Å². The minimum absolute atomic E-state index is 0.116. The molecule has 3 aliphatic rings. The van der Waals surface area contributed by atoms with Crippen LogP contribution in [0.3, 0.4) is 0 Å². The average molecular weight is 371 g/mol. The second-order valence-corrected chi connectivity index (χ2v) is 11.3. The fraction of sp³-hybridized carbons (Fsp3) is 0.765. The number of ether oxygens (including phenoxy) is 1. The lowest BCUT2D eigenvalue weighted by Gasteiger charge is -2.58. The predicted octanol–water partition coefficient (Wildman–Crippen LogP) is 2.12. The second-order valence-electron chi connectivity index (χ2n) is 8.20. The first-order valence-corrected chi connectivity index (χ1v) is 11.0. The van der Waals surface area contributed by atoms with Gasteiger partial charge in [-0.1, -0.05) is 19.9 Å². The van der Waals surface area contributed by atoms with Crippen molar-refractivity contribution in [3.8, 4) is 0 Å². The van der Waals surface area contributed by atoms with Gasteiger partial charge in [-0.05, 0) is 29.2 Å². The van der Waals surface area contributed by atoms with E-state index in [4.69, 9.17) is 4.74 Å². The second kappa shape index (κ2) is 5.77. The number of hydrogen-bond donors (Lipinski definition) is 0. The van der Waals surface area contributed by atoms with E-state index in [-0.39, 0.29) is 10.8 Å². The topological polar surface area (TPSA) is 49.9 Å². The van der Waals surface area contributed by atoms with Crippen molar-refractivity contribution >= 4 is 21.4 Å². The molecule has 24 heavy (non-hydrogen) atoms. The number of morpholine rings is 1. The third-order valence-electron chi connectivity index (χ3n) is 6.10. The highest BCUT2D eigenvalue weighted by Gasteiger charge is 2.64. The molecular formula is C17H26N2O3S2. The number of hydrogen-bond acceptors (Lipinski definition) is 5. The molecule has 2 aliphatic heterocycles. The Balaban J connectivity index is 1.57. The molecule has 1 aliphatic carbocycles. The number of fused-ring (bicyclic) bond motifs is 1. The van der Waals surface area contributed by atoms with E-state index >= 15 is 0 Å². The van der Waals surface area contributed by atoms with E-state index in [1.807, 2.05) is 11.4 Å². The Labute approximate surface area is 148 Å². The Kier molecular flexibility index (Phi) is 4.08. The zero-order valence-corrected chi connectivity index (χ0v) is 16.0. The van der Waals surface area contributed by atoms with Crippen LogP contribution in [0.4, 0.5) is 0 Å². The molecule has 3 fully saturated rings. The Hall–Kier alpha value is -0.470. The molecule has 2 saturated heterocycles. The molecule has 0 N–H and O–H groups in total. The quantitative estimate of drug-likeness (QED) is 0.815. The molecule has 134 valence electrons. The molecule has 1 aromatic heterocycles. The molecule has 0 amide bonds. The lowest BCUT2D eigenvalue weighted by atomic mass is 9.48. The standard InChI is InChI=1S/C17H26N2O3S2/c1-16(2)11-17(12-18-5-7-22-8-6-18)13-19(10-14(16)17)24(20,21)15-4-3-9-23-15/h3-4,9,14H,5-8,10-13H2,1-2H3/t14-,17+/m1/s1. The summed E-state index contributed by atoms with van der Waals surface area (Å²) in [6, 6.07) is 3.54. The summed E-state index contributed by atoms with van der Waals surface area (Å²) in [5.74, 6) is 0.447. The van der Waals surface area contributed by atoms with Crippen LogP contribution in [0.15, 0.2) is 21.7 Å². The molecule has 7 heteroatoms.